The molecule has 3 N–H and O–H groups in total. The normalized spacial score (nSPS) is 19.8. The molecule has 0 aliphatic carbocycles. The third kappa shape index (κ3) is 4.81. The van der Waals surface area contributed by atoms with Gasteiger partial charge in [0.2, 0.25) is 5.69 Å². The largest absolute Gasteiger partial charge is 0.294 e. The van der Waals surface area contributed by atoms with Crippen molar-refractivity contribution in [2.45, 2.75) is 30.6 Å². The van der Waals surface area contributed by atoms with Gasteiger partial charge in [0.25, 0.3) is 30.4 Å². The van der Waals surface area contributed by atoms with E-state index in [1.165, 1.54) is 18.2 Å². The molecule has 0 bridgehead atoms. The van der Waals surface area contributed by atoms with Crippen molar-refractivity contribution in [2.24, 2.45) is 0 Å². The maximum Gasteiger partial charge on any atom is 0.294 e. The lowest BCUT2D eigenvalue weighted by atomic mass is 9.79. The Hall–Kier alpha value is -1.90. The Morgan fingerprint density at radius 3 is 2.10 bits per heavy atom. The minimum absolute atomic E-state index is 0.0423. The fourth-order valence-electron chi connectivity index (χ4n) is 4.15. The van der Waals surface area contributed by atoms with E-state index in [4.69, 9.17) is 4.55 Å². The molecule has 0 saturated carbocycles. The Morgan fingerprint density at radius 2 is 1.55 bits per heavy atom. The molecular weight excluding hydrogens is 470 g/mol. The van der Waals surface area contributed by atoms with Gasteiger partial charge in [-0.3, -0.25) is 13.7 Å². The van der Waals surface area contributed by atoms with Crippen molar-refractivity contribution in [3.05, 3.63) is 35.9 Å². The molecule has 2 aromatic rings. The Balaban J connectivity index is 2.28. The van der Waals surface area contributed by atoms with Gasteiger partial charge in [0, 0.05) is 25.0 Å². The van der Waals surface area contributed by atoms with Crippen LogP contribution >= 0.6 is 0 Å². The summed E-state index contributed by atoms with van der Waals surface area (Å²) in [6, 6.07) is 7.31. The fourth-order valence-corrected chi connectivity index (χ4v) is 6.23. The van der Waals surface area contributed by atoms with Gasteiger partial charge in [-0.2, -0.15) is 29.8 Å². The molecule has 2 aromatic carbocycles. The van der Waals surface area contributed by atoms with Crippen LogP contribution in [0.15, 0.2) is 35.2 Å². The molecule has 13 heteroatoms. The summed E-state index contributed by atoms with van der Waals surface area (Å²) in [6.45, 7) is 3.34. The van der Waals surface area contributed by atoms with Gasteiger partial charge in [-0.1, -0.05) is 6.07 Å². The second-order valence-electron chi connectivity index (χ2n) is 7.75. The summed E-state index contributed by atoms with van der Waals surface area (Å²) in [5.74, 6) is -1.19. The highest BCUT2D eigenvalue weighted by Gasteiger charge is 2.50. The molecule has 1 aliphatic rings. The molecule has 3 rings (SSSR count). The third-order valence-corrected chi connectivity index (χ3v) is 8.17. The van der Waals surface area contributed by atoms with Gasteiger partial charge in [-0.15, -0.1) is 0 Å². The van der Waals surface area contributed by atoms with Crippen LogP contribution in [0.25, 0.3) is 10.8 Å². The molecule has 0 amide bonds. The molecule has 0 spiro atoms. The first-order chi connectivity index (χ1) is 14.0. The van der Waals surface area contributed by atoms with Crippen LogP contribution in [0.1, 0.15) is 25.8 Å². The van der Waals surface area contributed by atoms with Crippen LogP contribution in [0.4, 0.5) is 5.69 Å². The standard InChI is InChI=1S/C18H21NO9S3/c1-12-18(2,11-30(23,24)25)17-15-10-14(31(26,27)28)6-4-13(15)5-7-16(17)19(12)8-3-9-29(20,21)22/h4-7,10H,3,8-9,11H2,1-2H3,(H2-,20,21,22,23,24,25,26,27,28)/p+1. The van der Waals surface area contributed by atoms with Crippen molar-refractivity contribution in [2.75, 3.05) is 18.1 Å². The zero-order valence-corrected chi connectivity index (χ0v) is 19.1. The van der Waals surface area contributed by atoms with E-state index >= 15 is 0 Å². The average Bonchev–Trinajstić information content (AvgIpc) is 2.79. The molecule has 1 unspecified atom stereocenters. The Labute approximate surface area is 180 Å². The summed E-state index contributed by atoms with van der Waals surface area (Å²) in [5.41, 5.74) is 0.176. The van der Waals surface area contributed by atoms with Crippen LogP contribution in [0.3, 0.4) is 0 Å². The minimum atomic E-state index is -4.52. The zero-order valence-electron chi connectivity index (χ0n) is 16.7. The average molecular weight is 493 g/mol. The van der Waals surface area contributed by atoms with Crippen molar-refractivity contribution >= 4 is 52.5 Å². The van der Waals surface area contributed by atoms with Crippen LogP contribution in [-0.4, -0.2) is 67.2 Å². The number of hydrogen-bond donors (Lipinski definition) is 3. The van der Waals surface area contributed by atoms with Gasteiger partial charge >= 0.3 is 0 Å². The lowest BCUT2D eigenvalue weighted by Crippen LogP contribution is -2.38. The predicted molar refractivity (Wildman–Crippen MR) is 114 cm³/mol. The van der Waals surface area contributed by atoms with Crippen LogP contribution in [-0.2, 0) is 35.8 Å². The van der Waals surface area contributed by atoms with Crippen LogP contribution in [0, 0.1) is 0 Å². The summed E-state index contributed by atoms with van der Waals surface area (Å²) < 4.78 is 98.9. The summed E-state index contributed by atoms with van der Waals surface area (Å²) in [4.78, 5) is -0.370. The van der Waals surface area contributed by atoms with Gasteiger partial charge in [0.05, 0.1) is 21.8 Å². The molecule has 31 heavy (non-hydrogen) atoms. The van der Waals surface area contributed by atoms with Gasteiger partial charge in [0.1, 0.15) is 6.54 Å². The highest BCUT2D eigenvalue weighted by Crippen LogP contribution is 2.45. The number of benzene rings is 2. The van der Waals surface area contributed by atoms with Crippen molar-refractivity contribution < 1.29 is 43.5 Å². The van der Waals surface area contributed by atoms with Gasteiger partial charge < -0.3 is 0 Å². The zero-order chi connectivity index (χ0) is 23.4. The van der Waals surface area contributed by atoms with E-state index in [1.807, 2.05) is 0 Å². The van der Waals surface area contributed by atoms with Crippen LogP contribution in [0.2, 0.25) is 0 Å². The van der Waals surface area contributed by atoms with Crippen molar-refractivity contribution in [1.29, 1.82) is 0 Å². The summed E-state index contributed by atoms with van der Waals surface area (Å²) in [6.07, 6.45) is 0.0423. The maximum atomic E-state index is 11.8. The number of hydrogen-bond acceptors (Lipinski definition) is 6. The van der Waals surface area contributed by atoms with E-state index < -0.39 is 47.3 Å². The van der Waals surface area contributed by atoms with Crippen LogP contribution < -0.4 is 0 Å². The Kier molecular flexibility index (Phi) is 5.83. The topological polar surface area (TPSA) is 166 Å². The number of nitrogens with zero attached hydrogens (tertiary/aromatic N) is 1. The molecule has 1 atom stereocenters. The first kappa shape index (κ1) is 23.8. The van der Waals surface area contributed by atoms with Gasteiger partial charge in [-0.05, 0) is 35.9 Å². The first-order valence-corrected chi connectivity index (χ1v) is 13.8. The fraction of sp³-hybridized carbons (Fsp3) is 0.389. The number of fused-ring (bicyclic) bond motifs is 3. The predicted octanol–water partition coefficient (Wildman–Crippen LogP) is 1.63. The third-order valence-electron chi connectivity index (χ3n) is 5.57. The van der Waals surface area contributed by atoms with Crippen molar-refractivity contribution in [1.82, 2.24) is 0 Å². The van der Waals surface area contributed by atoms with Gasteiger partial charge in [0.15, 0.2) is 5.71 Å². The lowest BCUT2D eigenvalue weighted by molar-refractivity contribution is -0.438. The molecule has 170 valence electrons. The van der Waals surface area contributed by atoms with E-state index in [1.54, 1.807) is 30.6 Å². The van der Waals surface area contributed by atoms with E-state index in [9.17, 15) is 34.4 Å². The molecule has 0 aromatic heterocycles. The minimum Gasteiger partial charge on any atom is -0.286 e. The quantitative estimate of drug-likeness (QED) is 0.384. The highest BCUT2D eigenvalue weighted by molar-refractivity contribution is 7.86. The molecule has 0 radical (unpaired) electrons. The second-order valence-corrected chi connectivity index (χ2v) is 12.2. The molecule has 1 aliphatic heterocycles. The summed E-state index contributed by atoms with van der Waals surface area (Å²) >= 11 is 0. The van der Waals surface area contributed by atoms with E-state index in [2.05, 4.69) is 0 Å². The Bertz CT molecular complexity index is 1430. The van der Waals surface area contributed by atoms with Crippen LogP contribution in [0.5, 0.6) is 0 Å². The lowest BCUT2D eigenvalue weighted by Gasteiger charge is -2.22. The highest BCUT2D eigenvalue weighted by atomic mass is 32.2. The molecule has 1 heterocycles. The van der Waals surface area contributed by atoms with Crippen molar-refractivity contribution in [3.63, 3.8) is 0 Å². The molecular formula is C18H22NO9S3+. The van der Waals surface area contributed by atoms with E-state index in [0.29, 0.717) is 27.7 Å². The van der Waals surface area contributed by atoms with Gasteiger partial charge in [-0.25, -0.2) is 0 Å². The Morgan fingerprint density at radius 1 is 0.935 bits per heavy atom. The first-order valence-electron chi connectivity index (χ1n) is 9.09. The molecule has 0 saturated heterocycles. The SMILES string of the molecule is CC1=[N+](CCCS(=O)(=O)O)c2ccc3ccc(S(=O)(=O)O)cc3c2C1(C)CS(=O)(=O)O. The van der Waals surface area contributed by atoms with E-state index in [-0.39, 0.29) is 17.9 Å². The maximum absolute atomic E-state index is 11.8. The summed E-state index contributed by atoms with van der Waals surface area (Å²) in [7, 11) is -13.2. The summed E-state index contributed by atoms with van der Waals surface area (Å²) in [5, 5.41) is 0.954. The van der Waals surface area contributed by atoms with Crippen molar-refractivity contribution in [3.8, 4) is 0 Å². The smallest absolute Gasteiger partial charge is 0.286 e. The second kappa shape index (κ2) is 7.60. The molecule has 0 fully saturated rings. The number of rotatable bonds is 7. The van der Waals surface area contributed by atoms with E-state index in [0.717, 1.165) is 0 Å². The molecule has 10 nitrogen and oxygen atoms in total. The monoisotopic (exact) mass is 492 g/mol.